The molecule has 61 heavy (non-hydrogen) atoms. The number of carbonyl (C=O) groups excluding carboxylic acids is 5. The fourth-order valence-corrected chi connectivity index (χ4v) is 5.00. The van der Waals surface area contributed by atoms with E-state index < -0.39 is 0 Å². The van der Waals surface area contributed by atoms with E-state index in [-0.39, 0.29) is 28.9 Å². The van der Waals surface area contributed by atoms with E-state index in [1.165, 1.54) is 38.8 Å². The Kier molecular flexibility index (Phi) is 21.7. The van der Waals surface area contributed by atoms with Crippen LogP contribution in [0.15, 0.2) is 146 Å². The molecule has 0 unspecified atom stereocenters. The van der Waals surface area contributed by atoms with Crippen LogP contribution in [0.2, 0.25) is 0 Å². The summed E-state index contributed by atoms with van der Waals surface area (Å²) in [7, 11) is 8.22. The first-order valence-electron chi connectivity index (χ1n) is 19.0. The second kappa shape index (κ2) is 26.6. The molecule has 0 heterocycles. The van der Waals surface area contributed by atoms with Gasteiger partial charge in [0.2, 0.25) is 0 Å². The van der Waals surface area contributed by atoms with E-state index in [2.05, 4.69) is 0 Å². The van der Waals surface area contributed by atoms with Crippen molar-refractivity contribution in [2.75, 3.05) is 35.5 Å². The molecule has 0 saturated heterocycles. The zero-order chi connectivity index (χ0) is 45.3. The Morgan fingerprint density at radius 3 is 0.689 bits per heavy atom. The van der Waals surface area contributed by atoms with E-state index in [0.717, 1.165) is 28.7 Å². The molecule has 0 aliphatic heterocycles. The molecule has 0 atom stereocenters. The summed E-state index contributed by atoms with van der Waals surface area (Å²) in [6.45, 7) is 7.52. The van der Waals surface area contributed by atoms with Crippen LogP contribution in [0.1, 0.15) is 86.4 Å². The van der Waals surface area contributed by atoms with Gasteiger partial charge in [-0.2, -0.15) is 0 Å². The zero-order valence-corrected chi connectivity index (χ0v) is 36.4. The van der Waals surface area contributed by atoms with Crippen LogP contribution >= 0.6 is 0 Å². The van der Waals surface area contributed by atoms with Gasteiger partial charge in [0, 0.05) is 27.8 Å². The van der Waals surface area contributed by atoms with Crippen LogP contribution in [0.25, 0.3) is 11.1 Å². The molecule has 6 aromatic carbocycles. The second-order valence-corrected chi connectivity index (χ2v) is 13.0. The number of methoxy groups -OCH3 is 5. The molecule has 0 N–H and O–H groups in total. The van der Waals surface area contributed by atoms with Crippen LogP contribution in [-0.2, 0) is 0 Å². The van der Waals surface area contributed by atoms with Crippen LogP contribution in [0, 0.1) is 0 Å². The Labute approximate surface area is 359 Å². The summed E-state index contributed by atoms with van der Waals surface area (Å²) in [6, 6.07) is 43.9. The van der Waals surface area contributed by atoms with Gasteiger partial charge in [0.05, 0.1) is 35.5 Å². The van der Waals surface area contributed by atoms with E-state index in [0.29, 0.717) is 27.8 Å². The van der Waals surface area contributed by atoms with Crippen LogP contribution in [-0.4, -0.2) is 64.5 Å². The van der Waals surface area contributed by atoms with Gasteiger partial charge in [0.15, 0.2) is 28.9 Å². The van der Waals surface area contributed by atoms with Crippen molar-refractivity contribution in [2.45, 2.75) is 34.6 Å². The molecule has 0 aromatic heterocycles. The largest absolute Gasteiger partial charge is 0.497 e. The molecule has 0 bridgehead atoms. The van der Waals surface area contributed by atoms with Gasteiger partial charge in [-0.05, 0) is 125 Å². The Balaban J connectivity index is 0.000000265. The number of benzene rings is 6. The van der Waals surface area contributed by atoms with Crippen molar-refractivity contribution in [1.82, 2.24) is 0 Å². The average Bonchev–Trinajstić information content (AvgIpc) is 3.30. The second-order valence-electron chi connectivity index (χ2n) is 13.0. The first kappa shape index (κ1) is 49.8. The molecule has 6 aromatic rings. The maximum Gasteiger partial charge on any atom is 0.159 e. The number of Topliss-reactive ketones (excluding diaryl/α,β-unsaturated/α-hetero) is 5. The standard InChI is InChI=1S/C14H14O2.2C10H10O2.C9H10O2.C8H10O2/c1-15-13-7-3-11(4-8-13)12-5-9-14(16-2)10-6-12;1-7(11)9-3-5-10(6-4-9)8(2)12;1-7(11)9-4-3-5-10(6-9)8(2)12;1-7(10)8-3-5-9(11-2)6-4-8;1-9-7-3-5-8(10-2)6-4-7/h3-10H,1-2H3;2*3-6H,1-2H3;3-6H,1-2H3;3-6H,1-2H3. The molecule has 0 spiro atoms. The lowest BCUT2D eigenvalue weighted by Crippen LogP contribution is -1.96. The fraction of sp³-hybridized carbons (Fsp3) is 0.196. The van der Waals surface area contributed by atoms with Crippen LogP contribution in [0.4, 0.5) is 0 Å². The summed E-state index contributed by atoms with van der Waals surface area (Å²) < 4.78 is 25.1. The smallest absolute Gasteiger partial charge is 0.159 e. The van der Waals surface area contributed by atoms with Crippen molar-refractivity contribution in [3.8, 4) is 39.9 Å². The van der Waals surface area contributed by atoms with Gasteiger partial charge in [-0.15, -0.1) is 0 Å². The summed E-state index contributed by atoms with van der Waals surface area (Å²) in [6.07, 6.45) is 0. The summed E-state index contributed by atoms with van der Waals surface area (Å²) >= 11 is 0. The van der Waals surface area contributed by atoms with Crippen LogP contribution < -0.4 is 23.7 Å². The van der Waals surface area contributed by atoms with E-state index in [1.54, 1.807) is 115 Å². The maximum absolute atomic E-state index is 10.9. The van der Waals surface area contributed by atoms with Crippen LogP contribution in [0.5, 0.6) is 28.7 Å². The van der Waals surface area contributed by atoms with Crippen molar-refractivity contribution in [3.63, 3.8) is 0 Å². The van der Waals surface area contributed by atoms with Gasteiger partial charge < -0.3 is 23.7 Å². The van der Waals surface area contributed by atoms with Gasteiger partial charge in [-0.3, -0.25) is 24.0 Å². The SMILES string of the molecule is CC(=O)c1ccc(C(C)=O)cc1.CC(=O)c1cccc(C(C)=O)c1.COc1ccc(-c2ccc(OC)cc2)cc1.COc1ccc(C(C)=O)cc1.COc1ccc(OC)cc1. The molecule has 0 aliphatic carbocycles. The van der Waals surface area contributed by atoms with Crippen molar-refractivity contribution in [2.24, 2.45) is 0 Å². The highest BCUT2D eigenvalue weighted by Crippen LogP contribution is 2.24. The summed E-state index contributed by atoms with van der Waals surface area (Å²) in [4.78, 5) is 54.3. The Morgan fingerprint density at radius 1 is 0.279 bits per heavy atom. The van der Waals surface area contributed by atoms with E-state index in [1.807, 2.05) is 72.8 Å². The molecule has 0 fully saturated rings. The molecular formula is C51H54O10. The molecule has 0 aliphatic rings. The third-order valence-corrected chi connectivity index (χ3v) is 8.68. The molecule has 10 nitrogen and oxygen atoms in total. The minimum absolute atomic E-state index is 0.0156. The average molecular weight is 827 g/mol. The fourth-order valence-electron chi connectivity index (χ4n) is 5.00. The highest BCUT2D eigenvalue weighted by molar-refractivity contribution is 5.99. The molecule has 0 amide bonds. The Hall–Kier alpha value is -7.33. The minimum Gasteiger partial charge on any atom is -0.497 e. The lowest BCUT2D eigenvalue weighted by atomic mass is 10.1. The third kappa shape index (κ3) is 18.0. The topological polar surface area (TPSA) is 132 Å². The van der Waals surface area contributed by atoms with Crippen molar-refractivity contribution < 1.29 is 47.7 Å². The lowest BCUT2D eigenvalue weighted by molar-refractivity contribution is 0.100. The molecule has 318 valence electrons. The maximum atomic E-state index is 10.9. The number of ketones is 5. The van der Waals surface area contributed by atoms with Gasteiger partial charge >= 0.3 is 0 Å². The van der Waals surface area contributed by atoms with Crippen LogP contribution in [0.3, 0.4) is 0 Å². The van der Waals surface area contributed by atoms with Crippen molar-refractivity contribution in [1.29, 1.82) is 0 Å². The lowest BCUT2D eigenvalue weighted by Gasteiger charge is -2.05. The number of hydrogen-bond donors (Lipinski definition) is 0. The normalized spacial score (nSPS) is 9.48. The first-order valence-corrected chi connectivity index (χ1v) is 19.0. The third-order valence-electron chi connectivity index (χ3n) is 8.68. The summed E-state index contributed by atoms with van der Waals surface area (Å²) in [5, 5.41) is 0. The summed E-state index contributed by atoms with van der Waals surface area (Å²) in [5.74, 6) is 4.30. The number of ether oxygens (including phenoxy) is 5. The predicted molar refractivity (Wildman–Crippen MR) is 240 cm³/mol. The van der Waals surface area contributed by atoms with Gasteiger partial charge in [0.1, 0.15) is 28.7 Å². The number of hydrogen-bond acceptors (Lipinski definition) is 10. The highest BCUT2D eigenvalue weighted by Gasteiger charge is 2.04. The first-order chi connectivity index (χ1) is 29.1. The van der Waals surface area contributed by atoms with Gasteiger partial charge in [-0.1, -0.05) is 66.7 Å². The van der Waals surface area contributed by atoms with Gasteiger partial charge in [0.25, 0.3) is 0 Å². The molecular weight excluding hydrogens is 773 g/mol. The quantitative estimate of drug-likeness (QED) is 0.116. The Bertz CT molecular complexity index is 2150. The van der Waals surface area contributed by atoms with E-state index >= 15 is 0 Å². The minimum atomic E-state index is -0.0156. The molecule has 10 heteroatoms. The summed E-state index contributed by atoms with van der Waals surface area (Å²) in [5.41, 5.74) is 5.50. The zero-order valence-electron chi connectivity index (χ0n) is 36.4. The highest BCUT2D eigenvalue weighted by atomic mass is 16.5. The molecule has 6 rings (SSSR count). The molecule has 0 saturated carbocycles. The molecule has 0 radical (unpaired) electrons. The van der Waals surface area contributed by atoms with E-state index in [4.69, 9.17) is 23.7 Å². The van der Waals surface area contributed by atoms with E-state index in [9.17, 15) is 24.0 Å². The predicted octanol–water partition coefficient (Wildman–Crippen LogP) is 11.2. The Morgan fingerprint density at radius 2 is 0.475 bits per heavy atom. The van der Waals surface area contributed by atoms with Crippen molar-refractivity contribution >= 4 is 28.9 Å². The monoisotopic (exact) mass is 826 g/mol. The van der Waals surface area contributed by atoms with Gasteiger partial charge in [-0.25, -0.2) is 0 Å². The number of rotatable bonds is 11. The number of carbonyl (C=O) groups is 5. The van der Waals surface area contributed by atoms with Crippen molar-refractivity contribution in [3.05, 3.63) is 173 Å².